The fraction of sp³-hybridized carbons (Fsp3) is 0.364. The summed E-state index contributed by atoms with van der Waals surface area (Å²) >= 11 is 0. The van der Waals surface area contributed by atoms with E-state index in [4.69, 9.17) is 10.5 Å². The van der Waals surface area contributed by atoms with Gasteiger partial charge in [0.05, 0.1) is 12.6 Å². The highest BCUT2D eigenvalue weighted by Gasteiger charge is 2.10. The maximum atomic E-state index is 12.1. The van der Waals surface area contributed by atoms with Crippen LogP contribution in [0.25, 0.3) is 0 Å². The number of nitrogens with one attached hydrogen (secondary N) is 2. The summed E-state index contributed by atoms with van der Waals surface area (Å²) in [5, 5.41) is 5.81. The molecule has 0 aromatic heterocycles. The molecular formula is C22H29N3O3. The molecule has 2 rings (SSSR count). The predicted molar refractivity (Wildman–Crippen MR) is 110 cm³/mol. The molecule has 4 N–H and O–H groups in total. The minimum absolute atomic E-state index is 0.0390. The third-order valence-electron chi connectivity index (χ3n) is 4.39. The molecule has 0 aliphatic heterocycles. The average Bonchev–Trinajstić information content (AvgIpc) is 2.72. The smallest absolute Gasteiger partial charge is 0.251 e. The Morgan fingerprint density at radius 3 is 2.36 bits per heavy atom. The molecule has 6 heteroatoms. The Morgan fingerprint density at radius 1 is 1.07 bits per heavy atom. The van der Waals surface area contributed by atoms with Crippen LogP contribution in [0, 0.1) is 0 Å². The van der Waals surface area contributed by atoms with E-state index < -0.39 is 0 Å². The molecule has 6 nitrogen and oxygen atoms in total. The fourth-order valence-corrected chi connectivity index (χ4v) is 2.76. The van der Waals surface area contributed by atoms with E-state index in [2.05, 4.69) is 10.6 Å². The summed E-state index contributed by atoms with van der Waals surface area (Å²) in [6.45, 7) is 5.41. The van der Waals surface area contributed by atoms with E-state index in [0.29, 0.717) is 38.1 Å². The summed E-state index contributed by atoms with van der Waals surface area (Å²) in [6, 6.07) is 14.8. The number of benzene rings is 2. The summed E-state index contributed by atoms with van der Waals surface area (Å²) < 4.78 is 5.42. The van der Waals surface area contributed by atoms with Gasteiger partial charge in [0.15, 0.2) is 0 Å². The molecule has 2 aromatic carbocycles. The number of rotatable bonds is 10. The van der Waals surface area contributed by atoms with Gasteiger partial charge in [-0.25, -0.2) is 0 Å². The van der Waals surface area contributed by atoms with Crippen LogP contribution in [0.15, 0.2) is 48.5 Å². The van der Waals surface area contributed by atoms with Crippen molar-refractivity contribution in [2.24, 2.45) is 5.73 Å². The van der Waals surface area contributed by atoms with Gasteiger partial charge in [-0.05, 0) is 55.7 Å². The van der Waals surface area contributed by atoms with Crippen LogP contribution in [0.4, 0.5) is 0 Å². The van der Waals surface area contributed by atoms with Crippen molar-refractivity contribution in [1.82, 2.24) is 10.6 Å². The standard InChI is InChI=1S/C22H29N3O3/c1-3-28-20-12-10-18(11-13-20)16(2)25-21(26)5-4-14-24-22(27)19-8-6-17(15-23)7-9-19/h6-13,16H,3-5,14-15,23H2,1-2H3,(H,24,27)(H,25,26). The Balaban J connectivity index is 1.69. The maximum absolute atomic E-state index is 12.1. The lowest BCUT2D eigenvalue weighted by Gasteiger charge is -2.15. The van der Waals surface area contributed by atoms with Crippen LogP contribution in [-0.4, -0.2) is 25.0 Å². The molecule has 0 bridgehead atoms. The van der Waals surface area contributed by atoms with Crippen LogP contribution >= 0.6 is 0 Å². The molecule has 0 heterocycles. The van der Waals surface area contributed by atoms with Gasteiger partial charge in [0.1, 0.15) is 5.75 Å². The second-order valence-electron chi connectivity index (χ2n) is 6.55. The maximum Gasteiger partial charge on any atom is 0.251 e. The van der Waals surface area contributed by atoms with E-state index in [1.165, 1.54) is 0 Å². The lowest BCUT2D eigenvalue weighted by molar-refractivity contribution is -0.121. The van der Waals surface area contributed by atoms with Crippen molar-refractivity contribution >= 4 is 11.8 Å². The summed E-state index contributed by atoms with van der Waals surface area (Å²) in [7, 11) is 0. The highest BCUT2D eigenvalue weighted by Crippen LogP contribution is 2.17. The first-order valence-corrected chi connectivity index (χ1v) is 9.62. The van der Waals surface area contributed by atoms with Gasteiger partial charge in [0.25, 0.3) is 5.91 Å². The van der Waals surface area contributed by atoms with Crippen molar-refractivity contribution in [3.8, 4) is 5.75 Å². The number of hydrogen-bond acceptors (Lipinski definition) is 4. The van der Waals surface area contributed by atoms with Crippen LogP contribution in [0.1, 0.15) is 54.2 Å². The van der Waals surface area contributed by atoms with Crippen LogP contribution in [0.5, 0.6) is 5.75 Å². The van der Waals surface area contributed by atoms with E-state index in [0.717, 1.165) is 16.9 Å². The van der Waals surface area contributed by atoms with Crippen molar-refractivity contribution in [3.63, 3.8) is 0 Å². The van der Waals surface area contributed by atoms with Gasteiger partial charge in [-0.3, -0.25) is 9.59 Å². The van der Waals surface area contributed by atoms with E-state index in [9.17, 15) is 9.59 Å². The van der Waals surface area contributed by atoms with Gasteiger partial charge in [0.2, 0.25) is 5.91 Å². The highest BCUT2D eigenvalue weighted by molar-refractivity contribution is 5.94. The Morgan fingerprint density at radius 2 is 1.75 bits per heavy atom. The van der Waals surface area contributed by atoms with Crippen molar-refractivity contribution < 1.29 is 14.3 Å². The Hall–Kier alpha value is -2.86. The monoisotopic (exact) mass is 383 g/mol. The van der Waals surface area contributed by atoms with Crippen molar-refractivity contribution in [1.29, 1.82) is 0 Å². The minimum atomic E-state index is -0.147. The average molecular weight is 383 g/mol. The summed E-state index contributed by atoms with van der Waals surface area (Å²) in [5.41, 5.74) is 8.14. The summed E-state index contributed by atoms with van der Waals surface area (Å²) in [6.07, 6.45) is 0.933. The Kier molecular flexibility index (Phi) is 8.49. The lowest BCUT2D eigenvalue weighted by Crippen LogP contribution is -2.29. The molecule has 0 saturated heterocycles. The first-order valence-electron chi connectivity index (χ1n) is 9.62. The molecule has 0 aliphatic carbocycles. The molecule has 0 fully saturated rings. The normalized spacial score (nSPS) is 11.5. The SMILES string of the molecule is CCOc1ccc(C(C)NC(=O)CCCNC(=O)c2ccc(CN)cc2)cc1. The van der Waals surface area contributed by atoms with E-state index >= 15 is 0 Å². The van der Waals surface area contributed by atoms with E-state index in [-0.39, 0.29) is 17.9 Å². The number of nitrogens with two attached hydrogens (primary N) is 1. The van der Waals surface area contributed by atoms with Crippen molar-refractivity contribution in [2.45, 2.75) is 39.3 Å². The molecular weight excluding hydrogens is 354 g/mol. The van der Waals surface area contributed by atoms with E-state index in [1.807, 2.05) is 50.2 Å². The third-order valence-corrected chi connectivity index (χ3v) is 4.39. The zero-order valence-corrected chi connectivity index (χ0v) is 16.5. The summed E-state index contributed by atoms with van der Waals surface area (Å²) in [4.78, 5) is 24.2. The Labute approximate surface area is 166 Å². The second-order valence-corrected chi connectivity index (χ2v) is 6.55. The Bertz CT molecular complexity index is 758. The summed E-state index contributed by atoms with van der Waals surface area (Å²) in [5.74, 6) is 0.632. The molecule has 0 saturated carbocycles. The molecule has 1 atom stereocenters. The van der Waals surface area contributed by atoms with Gasteiger partial charge in [-0.2, -0.15) is 0 Å². The van der Waals surface area contributed by atoms with Crippen molar-refractivity contribution in [3.05, 3.63) is 65.2 Å². The number of carbonyl (C=O) groups excluding carboxylic acids is 2. The van der Waals surface area contributed by atoms with Gasteiger partial charge in [-0.15, -0.1) is 0 Å². The third kappa shape index (κ3) is 6.70. The van der Waals surface area contributed by atoms with Gasteiger partial charge in [0, 0.05) is 25.1 Å². The first-order chi connectivity index (χ1) is 13.5. The van der Waals surface area contributed by atoms with Crippen LogP contribution in [-0.2, 0) is 11.3 Å². The fourth-order valence-electron chi connectivity index (χ4n) is 2.76. The molecule has 0 spiro atoms. The van der Waals surface area contributed by atoms with Gasteiger partial charge in [-0.1, -0.05) is 24.3 Å². The minimum Gasteiger partial charge on any atom is -0.494 e. The lowest BCUT2D eigenvalue weighted by atomic mass is 10.1. The van der Waals surface area contributed by atoms with Gasteiger partial charge < -0.3 is 21.1 Å². The highest BCUT2D eigenvalue weighted by atomic mass is 16.5. The molecule has 2 amide bonds. The molecule has 1 unspecified atom stereocenters. The second kappa shape index (κ2) is 11.1. The largest absolute Gasteiger partial charge is 0.494 e. The first kappa shape index (κ1) is 21.4. The molecule has 28 heavy (non-hydrogen) atoms. The quantitative estimate of drug-likeness (QED) is 0.550. The van der Waals surface area contributed by atoms with Crippen molar-refractivity contribution in [2.75, 3.05) is 13.2 Å². The van der Waals surface area contributed by atoms with Crippen LogP contribution in [0.2, 0.25) is 0 Å². The van der Waals surface area contributed by atoms with Crippen LogP contribution in [0.3, 0.4) is 0 Å². The number of amides is 2. The van der Waals surface area contributed by atoms with Crippen LogP contribution < -0.4 is 21.1 Å². The number of hydrogen-bond donors (Lipinski definition) is 3. The molecule has 0 aliphatic rings. The van der Waals surface area contributed by atoms with Gasteiger partial charge >= 0.3 is 0 Å². The number of carbonyl (C=O) groups is 2. The predicted octanol–water partition coefficient (Wildman–Crippen LogP) is 2.93. The molecule has 2 aromatic rings. The topological polar surface area (TPSA) is 93.5 Å². The number of ether oxygens (including phenoxy) is 1. The zero-order valence-electron chi connectivity index (χ0n) is 16.5. The molecule has 0 radical (unpaired) electrons. The van der Waals surface area contributed by atoms with E-state index in [1.54, 1.807) is 12.1 Å². The molecule has 150 valence electrons. The zero-order chi connectivity index (χ0) is 20.4.